The van der Waals surface area contributed by atoms with Crippen molar-refractivity contribution in [2.45, 2.75) is 50.5 Å². The van der Waals surface area contributed by atoms with Crippen molar-refractivity contribution in [1.29, 1.82) is 0 Å². The maximum atomic E-state index is 12.2. The lowest BCUT2D eigenvalue weighted by Gasteiger charge is -2.26. The van der Waals surface area contributed by atoms with Crippen molar-refractivity contribution in [3.8, 4) is 28.5 Å². The number of hydrogen-bond acceptors (Lipinski definition) is 10. The lowest BCUT2D eigenvalue weighted by Crippen LogP contribution is -2.41. The van der Waals surface area contributed by atoms with Gasteiger partial charge in [0.05, 0.1) is 36.4 Å². The van der Waals surface area contributed by atoms with Crippen LogP contribution < -0.4 is 4.74 Å². The van der Waals surface area contributed by atoms with Gasteiger partial charge >= 0.3 is 5.97 Å². The lowest BCUT2D eigenvalue weighted by atomic mass is 9.98. The Morgan fingerprint density at radius 1 is 0.889 bits per heavy atom. The monoisotopic (exact) mass is 653 g/mol. The van der Waals surface area contributed by atoms with E-state index in [1.54, 1.807) is 0 Å². The zero-order valence-electron chi connectivity index (χ0n) is 25.9. The molecule has 0 aliphatic carbocycles. The third kappa shape index (κ3) is 10.6. The second-order valence-electron chi connectivity index (χ2n) is 10.8. The molecule has 4 aromatic rings. The van der Waals surface area contributed by atoms with Crippen LogP contribution in [0.25, 0.3) is 22.8 Å². The number of aromatic nitrogens is 6. The number of carbonyl (C=O) groups is 2. The fourth-order valence-electron chi connectivity index (χ4n) is 4.41. The van der Waals surface area contributed by atoms with E-state index in [1.165, 1.54) is 17.3 Å². The number of hydrogen-bond donors (Lipinski definition) is 3. The highest BCUT2D eigenvalue weighted by molar-refractivity contribution is 8.00. The van der Waals surface area contributed by atoms with E-state index in [1.807, 2.05) is 61.2 Å². The Labute approximate surface area is 271 Å². The van der Waals surface area contributed by atoms with Gasteiger partial charge in [0.25, 0.3) is 0 Å². The smallest absolute Gasteiger partial charge is 0.313 e. The average Bonchev–Trinajstić information content (AvgIpc) is 3.70. The third-order valence-electron chi connectivity index (χ3n) is 6.35. The van der Waals surface area contributed by atoms with Gasteiger partial charge in [-0.3, -0.25) is 19.8 Å². The number of H-pyrrole nitrogens is 2. The Bertz CT molecular complexity index is 1540. The summed E-state index contributed by atoms with van der Waals surface area (Å²) in [5.41, 5.74) is 3.10. The van der Waals surface area contributed by atoms with Gasteiger partial charge in [0.15, 0.2) is 11.6 Å². The summed E-state index contributed by atoms with van der Waals surface area (Å²) in [7, 11) is 0. The molecule has 2 aromatic heterocycles. The summed E-state index contributed by atoms with van der Waals surface area (Å²) in [5, 5.41) is 23.7. The van der Waals surface area contributed by atoms with Crippen molar-refractivity contribution in [3.05, 3.63) is 54.1 Å². The Hall–Kier alpha value is -3.88. The lowest BCUT2D eigenvalue weighted by molar-refractivity contribution is -0.134. The molecule has 12 nitrogen and oxygen atoms in total. The average molecular weight is 654 g/mol. The zero-order chi connectivity index (χ0) is 32.2. The molecule has 1 fully saturated rings. The molecule has 0 unspecified atom stereocenters. The van der Waals surface area contributed by atoms with Crippen molar-refractivity contribution >= 4 is 35.4 Å². The van der Waals surface area contributed by atoms with Crippen molar-refractivity contribution < 1.29 is 24.2 Å². The van der Waals surface area contributed by atoms with Crippen LogP contribution in [0.2, 0.25) is 0 Å². The minimum absolute atomic E-state index is 0.0368. The number of ether oxygens (including phenoxy) is 2. The summed E-state index contributed by atoms with van der Waals surface area (Å²) in [4.78, 5) is 33.4. The number of rotatable bonds is 12. The van der Waals surface area contributed by atoms with Crippen LogP contribution >= 0.6 is 23.5 Å². The molecular formula is C31H39N7O5S2. The fraction of sp³-hybridized carbons (Fsp3) is 0.419. The van der Waals surface area contributed by atoms with Crippen LogP contribution in [-0.4, -0.2) is 96.2 Å². The summed E-state index contributed by atoms with van der Waals surface area (Å²) in [6, 6.07) is 15.8. The zero-order valence-corrected chi connectivity index (χ0v) is 27.5. The highest BCUT2D eigenvalue weighted by Gasteiger charge is 2.19. The number of thioether (sulfide) groups is 2. The van der Waals surface area contributed by atoms with Crippen molar-refractivity contribution in [1.82, 2.24) is 35.3 Å². The van der Waals surface area contributed by atoms with Crippen LogP contribution in [0.15, 0.2) is 58.8 Å². The van der Waals surface area contributed by atoms with E-state index in [0.29, 0.717) is 59.9 Å². The Morgan fingerprint density at radius 2 is 1.47 bits per heavy atom. The van der Waals surface area contributed by atoms with Crippen LogP contribution in [0.5, 0.6) is 5.75 Å². The molecule has 3 heterocycles. The molecule has 1 amide bonds. The molecule has 0 saturated carbocycles. The number of carboxylic acid groups (broad SMARTS) is 1. The SMILES string of the molecule is CC(C)Cc1ccccc1-c1nc(SCC(=O)O)n[nH]1.CC(C)Oc1ccccc1-c1nc(SCC(=O)N2CCOCC2)n[nH]1. The van der Waals surface area contributed by atoms with Gasteiger partial charge in [-0.2, -0.15) is 0 Å². The van der Waals surface area contributed by atoms with Gasteiger partial charge in [-0.1, -0.05) is 73.8 Å². The number of amides is 1. The van der Waals surface area contributed by atoms with Crippen LogP contribution in [0.4, 0.5) is 0 Å². The van der Waals surface area contributed by atoms with Crippen LogP contribution in [-0.2, 0) is 20.7 Å². The first-order valence-corrected chi connectivity index (χ1v) is 16.7. The third-order valence-corrected chi connectivity index (χ3v) is 8.01. The van der Waals surface area contributed by atoms with E-state index < -0.39 is 5.97 Å². The molecule has 2 aromatic carbocycles. The summed E-state index contributed by atoms with van der Waals surface area (Å²) in [5.74, 6) is 2.14. The molecule has 5 rings (SSSR count). The molecule has 0 bridgehead atoms. The topological polar surface area (TPSA) is 159 Å². The van der Waals surface area contributed by atoms with Gasteiger partial charge in [0, 0.05) is 18.7 Å². The van der Waals surface area contributed by atoms with Crippen molar-refractivity contribution in [2.24, 2.45) is 5.92 Å². The van der Waals surface area contributed by atoms with Gasteiger partial charge in [0.2, 0.25) is 16.2 Å². The van der Waals surface area contributed by atoms with Gasteiger partial charge in [-0.25, -0.2) is 9.97 Å². The number of morpholine rings is 1. The molecule has 45 heavy (non-hydrogen) atoms. The van der Waals surface area contributed by atoms with E-state index in [9.17, 15) is 9.59 Å². The normalized spacial score (nSPS) is 13.1. The second kappa shape index (κ2) is 17.0. The number of benzene rings is 2. The molecule has 1 saturated heterocycles. The van der Waals surface area contributed by atoms with Crippen molar-refractivity contribution in [3.63, 3.8) is 0 Å². The Morgan fingerprint density at radius 3 is 2.09 bits per heavy atom. The quantitative estimate of drug-likeness (QED) is 0.176. The number of aromatic amines is 2. The molecule has 240 valence electrons. The van der Waals surface area contributed by atoms with Crippen LogP contribution in [0.1, 0.15) is 33.3 Å². The fourth-order valence-corrected chi connectivity index (χ4v) is 5.63. The van der Waals surface area contributed by atoms with Gasteiger partial charge in [-0.05, 0) is 43.9 Å². The molecule has 0 radical (unpaired) electrons. The van der Waals surface area contributed by atoms with Gasteiger partial charge in [-0.15, -0.1) is 10.2 Å². The summed E-state index contributed by atoms with van der Waals surface area (Å²) in [6.07, 6.45) is 1.04. The van der Waals surface area contributed by atoms with Crippen LogP contribution in [0.3, 0.4) is 0 Å². The standard InChI is InChI=1S/C17H22N4O3S.C14H17N3O2S/c1-12(2)24-14-6-4-3-5-13(14)16-18-17(20-19-16)25-11-15(22)21-7-9-23-10-8-21;1-9(2)7-10-5-3-4-6-11(10)13-15-14(17-16-13)20-8-12(18)19/h3-6,12H,7-11H2,1-2H3,(H,18,19,20);3-6,9H,7-8H2,1-2H3,(H,18,19)(H,15,16,17). The van der Waals surface area contributed by atoms with Gasteiger partial charge in [0.1, 0.15) is 5.75 Å². The summed E-state index contributed by atoms with van der Waals surface area (Å²) < 4.78 is 11.1. The maximum absolute atomic E-state index is 12.2. The van der Waals surface area contributed by atoms with E-state index in [4.69, 9.17) is 14.6 Å². The van der Waals surface area contributed by atoms with E-state index >= 15 is 0 Å². The first-order valence-electron chi connectivity index (χ1n) is 14.7. The molecule has 0 atom stereocenters. The van der Waals surface area contributed by atoms with E-state index in [-0.39, 0.29) is 17.8 Å². The second-order valence-corrected chi connectivity index (χ2v) is 12.7. The molecule has 14 heteroatoms. The number of aliphatic carboxylic acids is 1. The summed E-state index contributed by atoms with van der Waals surface area (Å²) in [6.45, 7) is 10.8. The van der Waals surface area contributed by atoms with Crippen molar-refractivity contribution in [2.75, 3.05) is 37.8 Å². The number of para-hydroxylation sites is 1. The van der Waals surface area contributed by atoms with E-state index in [2.05, 4.69) is 50.3 Å². The largest absolute Gasteiger partial charge is 0.490 e. The first kappa shape index (κ1) is 34.0. The van der Waals surface area contributed by atoms with Gasteiger partial charge < -0.3 is 19.5 Å². The first-order chi connectivity index (χ1) is 21.7. The molecule has 1 aliphatic heterocycles. The highest BCUT2D eigenvalue weighted by Crippen LogP contribution is 2.29. The minimum Gasteiger partial charge on any atom is -0.490 e. The number of nitrogens with zero attached hydrogens (tertiary/aromatic N) is 5. The molecular weight excluding hydrogens is 615 g/mol. The maximum Gasteiger partial charge on any atom is 0.313 e. The molecule has 1 aliphatic rings. The minimum atomic E-state index is -0.874. The molecule has 0 spiro atoms. The number of nitrogens with one attached hydrogen (secondary N) is 2. The number of carbonyl (C=O) groups excluding carboxylic acids is 1. The van der Waals surface area contributed by atoms with Crippen LogP contribution in [0, 0.1) is 5.92 Å². The predicted octanol–water partition coefficient (Wildman–Crippen LogP) is 5.06. The number of carboxylic acids is 1. The van der Waals surface area contributed by atoms with E-state index in [0.717, 1.165) is 35.1 Å². The molecule has 3 N–H and O–H groups in total. The summed E-state index contributed by atoms with van der Waals surface area (Å²) >= 11 is 2.44. The Balaban J connectivity index is 0.000000210. The Kier molecular flexibility index (Phi) is 12.8. The predicted molar refractivity (Wildman–Crippen MR) is 174 cm³/mol. The highest BCUT2D eigenvalue weighted by atomic mass is 32.2.